The predicted molar refractivity (Wildman–Crippen MR) is 99.0 cm³/mol. The van der Waals surface area contributed by atoms with Gasteiger partial charge in [0.1, 0.15) is 0 Å². The summed E-state index contributed by atoms with van der Waals surface area (Å²) in [5, 5.41) is 13.0. The first-order valence-electron chi connectivity index (χ1n) is 7.62. The number of aliphatic carboxylic acids is 1. The van der Waals surface area contributed by atoms with Crippen LogP contribution in [-0.4, -0.2) is 17.2 Å². The first-order chi connectivity index (χ1) is 11.2. The van der Waals surface area contributed by atoms with E-state index in [2.05, 4.69) is 36.4 Å². The minimum absolute atomic E-state index is 0.144. The Bertz CT molecular complexity index is 674. The molecule has 23 heavy (non-hydrogen) atoms. The molecule has 0 heterocycles. The van der Waals surface area contributed by atoms with Crippen molar-refractivity contribution in [1.29, 1.82) is 0 Å². The van der Waals surface area contributed by atoms with Crippen molar-refractivity contribution in [2.75, 3.05) is 6.16 Å². The summed E-state index contributed by atoms with van der Waals surface area (Å²) in [6.45, 7) is 0. The molecule has 2 nitrogen and oxygen atoms in total. The van der Waals surface area contributed by atoms with Crippen molar-refractivity contribution in [3.63, 3.8) is 0 Å². The third-order valence-electron chi connectivity index (χ3n) is 4.22. The van der Waals surface area contributed by atoms with Gasteiger partial charge in [-0.2, -0.15) is 0 Å². The molecule has 0 spiro atoms. The van der Waals surface area contributed by atoms with Crippen LogP contribution in [0.3, 0.4) is 0 Å². The van der Waals surface area contributed by atoms with Crippen LogP contribution in [0.4, 0.5) is 0 Å². The molecule has 0 radical (unpaired) electrons. The van der Waals surface area contributed by atoms with Crippen LogP contribution in [-0.2, 0) is 4.79 Å². The predicted octanol–water partition coefficient (Wildman–Crippen LogP) is 2.80. The molecule has 3 rings (SSSR count). The SMILES string of the molecule is O=C(O)C[PH](c1ccccc1)(c1ccccc1)c1ccccc1. The Morgan fingerprint density at radius 1 is 0.652 bits per heavy atom. The van der Waals surface area contributed by atoms with Crippen molar-refractivity contribution < 1.29 is 9.90 Å². The summed E-state index contributed by atoms with van der Waals surface area (Å²) in [6.07, 6.45) is 0.144. The molecule has 0 amide bonds. The summed E-state index contributed by atoms with van der Waals surface area (Å²) in [6, 6.07) is 30.2. The van der Waals surface area contributed by atoms with Gasteiger partial charge in [0.25, 0.3) is 0 Å². The molecular weight excluding hydrogens is 303 g/mol. The molecule has 0 atom stereocenters. The van der Waals surface area contributed by atoms with E-state index in [-0.39, 0.29) is 6.16 Å². The standard InChI is InChI=1S/C20H19O2P/c21-20(22)16-23(17-10-4-1-5-11-17,18-12-6-2-7-13-18)19-14-8-3-9-15-19/h1-15,23H,16H2,(H,21,22). The van der Waals surface area contributed by atoms with Gasteiger partial charge in [-0.1, -0.05) is 0 Å². The van der Waals surface area contributed by atoms with Crippen LogP contribution in [0.2, 0.25) is 0 Å². The van der Waals surface area contributed by atoms with Gasteiger partial charge in [-0.05, 0) is 0 Å². The first-order valence-corrected chi connectivity index (χ1v) is 9.82. The van der Waals surface area contributed by atoms with Gasteiger partial charge >= 0.3 is 136 Å². The number of carbonyl (C=O) groups is 1. The van der Waals surface area contributed by atoms with Gasteiger partial charge in [0, 0.05) is 0 Å². The van der Waals surface area contributed by atoms with E-state index >= 15 is 0 Å². The fourth-order valence-corrected chi connectivity index (χ4v) is 7.55. The van der Waals surface area contributed by atoms with E-state index in [9.17, 15) is 9.90 Å². The average Bonchev–Trinajstić information content (AvgIpc) is 2.62. The van der Waals surface area contributed by atoms with E-state index in [1.807, 2.05) is 54.6 Å². The van der Waals surface area contributed by atoms with Gasteiger partial charge in [0.15, 0.2) is 0 Å². The van der Waals surface area contributed by atoms with E-state index in [1.54, 1.807) is 0 Å². The van der Waals surface area contributed by atoms with Gasteiger partial charge in [-0.25, -0.2) is 0 Å². The maximum atomic E-state index is 11.8. The number of benzene rings is 3. The fraction of sp³-hybridized carbons (Fsp3) is 0.0500. The number of carboxylic acids is 1. The molecule has 3 aromatic carbocycles. The van der Waals surface area contributed by atoms with E-state index in [0.717, 1.165) is 15.9 Å². The zero-order valence-corrected chi connectivity index (χ0v) is 13.7. The normalized spacial score (nSPS) is 11.8. The Morgan fingerprint density at radius 2 is 0.957 bits per heavy atom. The van der Waals surface area contributed by atoms with Crippen LogP contribution >= 0.6 is 7.26 Å². The topological polar surface area (TPSA) is 37.3 Å². The maximum absolute atomic E-state index is 11.8. The third kappa shape index (κ3) is 3.04. The molecule has 116 valence electrons. The Labute approximate surface area is 136 Å². The summed E-state index contributed by atoms with van der Waals surface area (Å²) in [5.41, 5.74) is 0. The van der Waals surface area contributed by atoms with Gasteiger partial charge < -0.3 is 0 Å². The molecule has 0 saturated heterocycles. The fourth-order valence-electron chi connectivity index (χ4n) is 3.20. The van der Waals surface area contributed by atoms with Gasteiger partial charge in [0.2, 0.25) is 0 Å². The van der Waals surface area contributed by atoms with Crippen LogP contribution in [0.15, 0.2) is 91.0 Å². The summed E-state index contributed by atoms with van der Waals surface area (Å²) in [5.74, 6) is -0.756. The Balaban J connectivity index is 2.32. The molecule has 3 heteroatoms. The summed E-state index contributed by atoms with van der Waals surface area (Å²) in [7, 11) is -2.59. The van der Waals surface area contributed by atoms with Crippen molar-refractivity contribution >= 4 is 29.1 Å². The molecule has 1 N–H and O–H groups in total. The molecule has 0 fully saturated rings. The number of rotatable bonds is 5. The second kappa shape index (κ2) is 6.76. The van der Waals surface area contributed by atoms with Crippen molar-refractivity contribution in [3.05, 3.63) is 91.0 Å². The molecule has 0 saturated carbocycles. The second-order valence-corrected chi connectivity index (χ2v) is 9.47. The molecule has 0 aromatic heterocycles. The first kappa shape index (κ1) is 15.5. The number of carboxylic acid groups (broad SMARTS) is 1. The monoisotopic (exact) mass is 322 g/mol. The summed E-state index contributed by atoms with van der Waals surface area (Å²) >= 11 is 0. The quantitative estimate of drug-likeness (QED) is 0.734. The van der Waals surface area contributed by atoms with Crippen LogP contribution in [0, 0.1) is 0 Å². The van der Waals surface area contributed by atoms with Gasteiger partial charge in [-0.3, -0.25) is 0 Å². The van der Waals surface area contributed by atoms with E-state index in [4.69, 9.17) is 0 Å². The van der Waals surface area contributed by atoms with Crippen LogP contribution in [0.1, 0.15) is 0 Å². The van der Waals surface area contributed by atoms with Gasteiger partial charge in [0.05, 0.1) is 0 Å². The molecular formula is C20H19O2P. The third-order valence-corrected chi connectivity index (χ3v) is 9.01. The minimum atomic E-state index is -2.59. The zero-order valence-electron chi connectivity index (χ0n) is 12.7. The van der Waals surface area contributed by atoms with Gasteiger partial charge in [-0.15, -0.1) is 0 Å². The van der Waals surface area contributed by atoms with Crippen molar-refractivity contribution in [2.24, 2.45) is 0 Å². The second-order valence-electron chi connectivity index (χ2n) is 5.57. The molecule has 3 aromatic rings. The van der Waals surface area contributed by atoms with Crippen LogP contribution in [0.25, 0.3) is 0 Å². The zero-order chi connectivity index (χ0) is 16.1. The number of hydrogen-bond acceptors (Lipinski definition) is 1. The summed E-state index contributed by atoms with van der Waals surface area (Å²) in [4.78, 5) is 11.8. The summed E-state index contributed by atoms with van der Waals surface area (Å²) < 4.78 is 0. The molecule has 0 aliphatic heterocycles. The van der Waals surface area contributed by atoms with Crippen molar-refractivity contribution in [2.45, 2.75) is 0 Å². The molecule has 0 aliphatic rings. The molecule has 0 bridgehead atoms. The van der Waals surface area contributed by atoms with E-state index < -0.39 is 13.2 Å². The van der Waals surface area contributed by atoms with Crippen molar-refractivity contribution in [1.82, 2.24) is 0 Å². The Morgan fingerprint density at radius 3 is 1.22 bits per heavy atom. The molecule has 0 aliphatic carbocycles. The van der Waals surface area contributed by atoms with Crippen LogP contribution < -0.4 is 15.9 Å². The van der Waals surface area contributed by atoms with Crippen LogP contribution in [0.5, 0.6) is 0 Å². The van der Waals surface area contributed by atoms with E-state index in [0.29, 0.717) is 0 Å². The van der Waals surface area contributed by atoms with Crippen molar-refractivity contribution in [3.8, 4) is 0 Å². The molecule has 0 unspecified atom stereocenters. The average molecular weight is 322 g/mol. The Hall–Kier alpha value is -2.44. The Kier molecular flexibility index (Phi) is 4.55. The number of hydrogen-bond donors (Lipinski definition) is 1. The van der Waals surface area contributed by atoms with E-state index in [1.165, 1.54) is 0 Å².